The number of nitrogens with zero attached hydrogens (tertiary/aromatic N) is 1. The first-order chi connectivity index (χ1) is 8.02. The largest absolute Gasteiger partial charge is 0.353 e. The number of rotatable bonds is 7. The monoisotopic (exact) mass is 241 g/mol. The van der Waals surface area contributed by atoms with E-state index in [0.29, 0.717) is 0 Å². The SMILES string of the molecule is CCCC[C@H](N)C(=O)NCC1(N(C)C)CCC1. The fourth-order valence-corrected chi connectivity index (χ4v) is 2.30. The predicted octanol–water partition coefficient (Wildman–Crippen LogP) is 1.10. The number of carbonyl (C=O) groups excluding carboxylic acids is 1. The number of nitrogens with one attached hydrogen (secondary N) is 1. The van der Waals surface area contributed by atoms with Crippen LogP contribution < -0.4 is 11.1 Å². The first-order valence-electron chi connectivity index (χ1n) is 6.72. The Morgan fingerprint density at radius 2 is 2.12 bits per heavy atom. The van der Waals surface area contributed by atoms with Crippen LogP contribution in [0.25, 0.3) is 0 Å². The van der Waals surface area contributed by atoms with E-state index >= 15 is 0 Å². The van der Waals surface area contributed by atoms with Gasteiger partial charge in [0, 0.05) is 12.1 Å². The molecule has 0 aromatic heterocycles. The molecule has 4 nitrogen and oxygen atoms in total. The molecule has 0 aliphatic heterocycles. The maximum atomic E-state index is 11.8. The second-order valence-corrected chi connectivity index (χ2v) is 5.44. The fourth-order valence-electron chi connectivity index (χ4n) is 2.30. The third-order valence-electron chi connectivity index (χ3n) is 4.03. The van der Waals surface area contributed by atoms with Gasteiger partial charge < -0.3 is 16.0 Å². The van der Waals surface area contributed by atoms with Gasteiger partial charge in [0.1, 0.15) is 0 Å². The molecule has 1 fully saturated rings. The Hall–Kier alpha value is -0.610. The van der Waals surface area contributed by atoms with Gasteiger partial charge in [0.2, 0.25) is 5.91 Å². The van der Waals surface area contributed by atoms with E-state index < -0.39 is 0 Å². The van der Waals surface area contributed by atoms with Crippen LogP contribution in [-0.2, 0) is 4.79 Å². The van der Waals surface area contributed by atoms with Crippen LogP contribution in [0.5, 0.6) is 0 Å². The quantitative estimate of drug-likeness (QED) is 0.702. The van der Waals surface area contributed by atoms with Gasteiger partial charge in [-0.1, -0.05) is 19.8 Å². The first-order valence-corrected chi connectivity index (χ1v) is 6.72. The van der Waals surface area contributed by atoms with Gasteiger partial charge >= 0.3 is 0 Å². The van der Waals surface area contributed by atoms with Crippen molar-refractivity contribution in [1.29, 1.82) is 0 Å². The standard InChI is InChI=1S/C13H27N3O/c1-4-5-7-11(14)12(17)15-10-13(16(2)3)8-6-9-13/h11H,4-10,14H2,1-3H3,(H,15,17)/t11-/m0/s1. The second kappa shape index (κ2) is 6.36. The Balaban J connectivity index is 2.31. The molecule has 1 amide bonds. The number of hydrogen-bond acceptors (Lipinski definition) is 3. The predicted molar refractivity (Wildman–Crippen MR) is 70.8 cm³/mol. The summed E-state index contributed by atoms with van der Waals surface area (Å²) in [5, 5.41) is 3.01. The van der Waals surface area contributed by atoms with Crippen molar-refractivity contribution in [2.45, 2.75) is 57.0 Å². The topological polar surface area (TPSA) is 58.4 Å². The Morgan fingerprint density at radius 1 is 1.47 bits per heavy atom. The van der Waals surface area contributed by atoms with Crippen molar-refractivity contribution < 1.29 is 4.79 Å². The lowest BCUT2D eigenvalue weighted by molar-refractivity contribution is -0.123. The lowest BCUT2D eigenvalue weighted by Crippen LogP contribution is -2.58. The van der Waals surface area contributed by atoms with Crippen LogP contribution in [0.3, 0.4) is 0 Å². The maximum Gasteiger partial charge on any atom is 0.236 e. The molecule has 0 spiro atoms. The molecule has 100 valence electrons. The Morgan fingerprint density at radius 3 is 2.53 bits per heavy atom. The molecule has 3 N–H and O–H groups in total. The minimum atomic E-state index is -0.339. The lowest BCUT2D eigenvalue weighted by Gasteiger charge is -2.47. The van der Waals surface area contributed by atoms with Crippen molar-refractivity contribution in [3.05, 3.63) is 0 Å². The number of carbonyl (C=O) groups is 1. The van der Waals surface area contributed by atoms with Crippen LogP contribution in [0.2, 0.25) is 0 Å². The van der Waals surface area contributed by atoms with E-state index in [4.69, 9.17) is 5.73 Å². The third-order valence-corrected chi connectivity index (χ3v) is 4.03. The Labute approximate surface area is 105 Å². The number of unbranched alkanes of at least 4 members (excludes halogenated alkanes) is 1. The number of hydrogen-bond donors (Lipinski definition) is 2. The third kappa shape index (κ3) is 3.68. The summed E-state index contributed by atoms with van der Waals surface area (Å²) in [6, 6.07) is -0.339. The highest BCUT2D eigenvalue weighted by Crippen LogP contribution is 2.35. The minimum Gasteiger partial charge on any atom is -0.353 e. The summed E-state index contributed by atoms with van der Waals surface area (Å²) in [4.78, 5) is 14.0. The Kier molecular flexibility index (Phi) is 5.40. The first kappa shape index (κ1) is 14.5. The van der Waals surface area contributed by atoms with Crippen molar-refractivity contribution in [3.63, 3.8) is 0 Å². The molecule has 17 heavy (non-hydrogen) atoms. The molecule has 0 saturated heterocycles. The molecular formula is C13H27N3O. The molecule has 1 aliphatic rings. The summed E-state index contributed by atoms with van der Waals surface area (Å²) in [6.07, 6.45) is 6.50. The number of nitrogens with two attached hydrogens (primary N) is 1. The molecule has 4 heteroatoms. The van der Waals surface area contributed by atoms with Crippen LogP contribution in [0, 0.1) is 0 Å². The van der Waals surface area contributed by atoms with Gasteiger partial charge in [-0.25, -0.2) is 0 Å². The molecule has 0 aromatic carbocycles. The highest BCUT2D eigenvalue weighted by atomic mass is 16.2. The summed E-state index contributed by atoms with van der Waals surface area (Å²) in [5.74, 6) is 0.00609. The molecule has 1 rings (SSSR count). The van der Waals surface area contributed by atoms with E-state index in [-0.39, 0.29) is 17.5 Å². The van der Waals surface area contributed by atoms with E-state index in [1.807, 2.05) is 0 Å². The zero-order valence-corrected chi connectivity index (χ0v) is 11.5. The molecule has 1 saturated carbocycles. The molecular weight excluding hydrogens is 214 g/mol. The maximum absolute atomic E-state index is 11.8. The van der Waals surface area contributed by atoms with Gasteiger partial charge in [-0.15, -0.1) is 0 Å². The van der Waals surface area contributed by atoms with Crippen molar-refractivity contribution in [3.8, 4) is 0 Å². The van der Waals surface area contributed by atoms with Crippen LogP contribution in [0.15, 0.2) is 0 Å². The van der Waals surface area contributed by atoms with E-state index in [1.165, 1.54) is 19.3 Å². The molecule has 1 aliphatic carbocycles. The van der Waals surface area contributed by atoms with Crippen LogP contribution >= 0.6 is 0 Å². The summed E-state index contributed by atoms with van der Waals surface area (Å²) in [7, 11) is 4.17. The molecule has 0 aromatic rings. The molecule has 0 radical (unpaired) electrons. The van der Waals surface area contributed by atoms with E-state index in [9.17, 15) is 4.79 Å². The van der Waals surface area contributed by atoms with Gasteiger partial charge in [0.15, 0.2) is 0 Å². The summed E-state index contributed by atoms with van der Waals surface area (Å²) < 4.78 is 0. The normalized spacial score (nSPS) is 19.8. The van der Waals surface area contributed by atoms with Crippen molar-refractivity contribution in [2.24, 2.45) is 5.73 Å². The zero-order chi connectivity index (χ0) is 12.9. The zero-order valence-electron chi connectivity index (χ0n) is 11.5. The van der Waals surface area contributed by atoms with E-state index in [1.54, 1.807) is 0 Å². The van der Waals surface area contributed by atoms with Crippen molar-refractivity contribution in [2.75, 3.05) is 20.6 Å². The van der Waals surface area contributed by atoms with Crippen LogP contribution in [-0.4, -0.2) is 43.0 Å². The smallest absolute Gasteiger partial charge is 0.236 e. The second-order valence-electron chi connectivity index (χ2n) is 5.44. The summed E-state index contributed by atoms with van der Waals surface area (Å²) in [6.45, 7) is 2.85. The number of likely N-dealkylation sites (N-methyl/N-ethyl adjacent to an activating group) is 1. The Bertz CT molecular complexity index is 249. The van der Waals surface area contributed by atoms with Gasteiger partial charge in [-0.2, -0.15) is 0 Å². The highest BCUT2D eigenvalue weighted by Gasteiger charge is 2.39. The average molecular weight is 241 g/mol. The summed E-state index contributed by atoms with van der Waals surface area (Å²) in [5.41, 5.74) is 6.02. The fraction of sp³-hybridized carbons (Fsp3) is 0.923. The van der Waals surface area contributed by atoms with Crippen LogP contribution in [0.1, 0.15) is 45.4 Å². The van der Waals surface area contributed by atoms with Gasteiger partial charge in [0.25, 0.3) is 0 Å². The molecule has 0 bridgehead atoms. The molecule has 1 atom stereocenters. The molecule has 0 heterocycles. The average Bonchev–Trinajstić information content (AvgIpc) is 2.23. The van der Waals surface area contributed by atoms with Crippen molar-refractivity contribution in [1.82, 2.24) is 10.2 Å². The minimum absolute atomic E-state index is 0.00609. The van der Waals surface area contributed by atoms with Gasteiger partial charge in [-0.05, 0) is 39.8 Å². The van der Waals surface area contributed by atoms with Gasteiger partial charge in [-0.3, -0.25) is 4.79 Å². The highest BCUT2D eigenvalue weighted by molar-refractivity contribution is 5.81. The number of amides is 1. The van der Waals surface area contributed by atoms with E-state index in [2.05, 4.69) is 31.2 Å². The summed E-state index contributed by atoms with van der Waals surface area (Å²) >= 11 is 0. The lowest BCUT2D eigenvalue weighted by atomic mass is 9.75. The molecule has 0 unspecified atom stereocenters. The van der Waals surface area contributed by atoms with Crippen LogP contribution in [0.4, 0.5) is 0 Å². The van der Waals surface area contributed by atoms with Gasteiger partial charge in [0.05, 0.1) is 6.04 Å². The van der Waals surface area contributed by atoms with Crippen molar-refractivity contribution >= 4 is 5.91 Å². The van der Waals surface area contributed by atoms with E-state index in [0.717, 1.165) is 25.8 Å².